The monoisotopic (exact) mass is 360 g/mol. The minimum absolute atomic E-state index is 0.256. The van der Waals surface area contributed by atoms with Crippen molar-refractivity contribution in [1.29, 1.82) is 0 Å². The Hall–Kier alpha value is -1.39. The number of hydrogen-bond donors (Lipinski definition) is 1. The maximum atomic E-state index is 12.5. The number of nitrogens with one attached hydrogen (secondary N) is 1. The fourth-order valence-corrected chi connectivity index (χ4v) is 3.71. The molecule has 0 amide bonds. The maximum absolute atomic E-state index is 12.5. The lowest BCUT2D eigenvalue weighted by Gasteiger charge is -2.31. The highest BCUT2D eigenvalue weighted by atomic mass is 32.2. The summed E-state index contributed by atoms with van der Waals surface area (Å²) in [7, 11) is -1.07. The van der Waals surface area contributed by atoms with Crippen LogP contribution < -0.4 is 4.72 Å². The van der Waals surface area contributed by atoms with Crippen LogP contribution in [0.2, 0.25) is 0 Å². The van der Waals surface area contributed by atoms with Gasteiger partial charge in [-0.2, -0.15) is 0 Å². The second-order valence-electron chi connectivity index (χ2n) is 7.65. The van der Waals surface area contributed by atoms with Crippen LogP contribution in [0.1, 0.15) is 52.0 Å². The predicted molar refractivity (Wildman–Crippen MR) is 108 cm³/mol. The average molecular weight is 361 g/mol. The van der Waals surface area contributed by atoms with Crippen LogP contribution in [-0.4, -0.2) is 26.9 Å². The SMILES string of the molecule is C=CCCC(NS(=O)C(C)(C)C)=C1CCN(Cc2ccccc2)CC1. The minimum Gasteiger partial charge on any atom is -0.309 e. The van der Waals surface area contributed by atoms with Crippen LogP contribution in [0.15, 0.2) is 54.3 Å². The number of piperidine rings is 1. The Bertz CT molecular complexity index is 607. The van der Waals surface area contributed by atoms with Crippen molar-refractivity contribution >= 4 is 11.0 Å². The van der Waals surface area contributed by atoms with Gasteiger partial charge in [0.05, 0.1) is 4.75 Å². The van der Waals surface area contributed by atoms with Gasteiger partial charge in [-0.25, -0.2) is 4.21 Å². The van der Waals surface area contributed by atoms with Gasteiger partial charge in [0.1, 0.15) is 11.0 Å². The summed E-state index contributed by atoms with van der Waals surface area (Å²) in [5.41, 5.74) is 3.98. The Morgan fingerprint density at radius 3 is 2.44 bits per heavy atom. The molecule has 1 N–H and O–H groups in total. The number of hydrogen-bond acceptors (Lipinski definition) is 2. The maximum Gasteiger partial charge on any atom is 0.122 e. The van der Waals surface area contributed by atoms with Crippen molar-refractivity contribution in [2.45, 2.75) is 57.7 Å². The molecule has 1 unspecified atom stereocenters. The van der Waals surface area contributed by atoms with E-state index in [1.807, 2.05) is 26.8 Å². The third-order valence-electron chi connectivity index (χ3n) is 4.51. The molecule has 1 aliphatic rings. The number of likely N-dealkylation sites (tertiary alicyclic amines) is 1. The van der Waals surface area contributed by atoms with E-state index in [-0.39, 0.29) is 4.75 Å². The van der Waals surface area contributed by atoms with Crippen LogP contribution in [-0.2, 0) is 17.5 Å². The number of allylic oxidation sites excluding steroid dienone is 2. The van der Waals surface area contributed by atoms with E-state index in [4.69, 9.17) is 0 Å². The number of benzene rings is 1. The fourth-order valence-electron chi connectivity index (χ4n) is 2.94. The van der Waals surface area contributed by atoms with E-state index in [0.29, 0.717) is 0 Å². The minimum atomic E-state index is -1.07. The van der Waals surface area contributed by atoms with Crippen molar-refractivity contribution < 1.29 is 4.21 Å². The third kappa shape index (κ3) is 6.44. The summed E-state index contributed by atoms with van der Waals surface area (Å²) < 4.78 is 15.6. The Morgan fingerprint density at radius 1 is 1.24 bits per heavy atom. The predicted octanol–water partition coefficient (Wildman–Crippen LogP) is 4.55. The van der Waals surface area contributed by atoms with Crippen LogP contribution in [0.3, 0.4) is 0 Å². The zero-order chi connectivity index (χ0) is 18.3. The third-order valence-corrected chi connectivity index (χ3v) is 6.05. The lowest BCUT2D eigenvalue weighted by Crippen LogP contribution is -2.35. The highest BCUT2D eigenvalue weighted by molar-refractivity contribution is 7.84. The molecule has 0 saturated carbocycles. The smallest absolute Gasteiger partial charge is 0.122 e. The van der Waals surface area contributed by atoms with Gasteiger partial charge in [-0.15, -0.1) is 6.58 Å². The number of rotatable bonds is 7. The summed E-state index contributed by atoms with van der Waals surface area (Å²) >= 11 is 0. The van der Waals surface area contributed by atoms with Gasteiger partial charge in [0.15, 0.2) is 0 Å². The fraction of sp³-hybridized carbons (Fsp3) is 0.524. The van der Waals surface area contributed by atoms with Crippen LogP contribution in [0.4, 0.5) is 0 Å². The Kier molecular flexibility index (Phi) is 7.45. The van der Waals surface area contributed by atoms with Crippen LogP contribution in [0.5, 0.6) is 0 Å². The van der Waals surface area contributed by atoms with E-state index in [9.17, 15) is 4.21 Å². The molecule has 1 fully saturated rings. The highest BCUT2D eigenvalue weighted by Gasteiger charge is 2.23. The van der Waals surface area contributed by atoms with E-state index in [0.717, 1.165) is 45.3 Å². The number of nitrogens with zero attached hydrogens (tertiary/aromatic N) is 1. The van der Waals surface area contributed by atoms with E-state index >= 15 is 0 Å². The topological polar surface area (TPSA) is 32.3 Å². The highest BCUT2D eigenvalue weighted by Crippen LogP contribution is 2.24. The molecule has 4 heteroatoms. The molecule has 138 valence electrons. The molecular weight excluding hydrogens is 328 g/mol. The second-order valence-corrected chi connectivity index (χ2v) is 9.62. The van der Waals surface area contributed by atoms with Crippen LogP contribution in [0.25, 0.3) is 0 Å². The van der Waals surface area contributed by atoms with Gasteiger partial charge >= 0.3 is 0 Å². The molecular formula is C21H32N2OS. The Labute approximate surface area is 155 Å². The Balaban J connectivity index is 2.00. The Morgan fingerprint density at radius 2 is 1.88 bits per heavy atom. The van der Waals surface area contributed by atoms with Crippen molar-refractivity contribution in [3.63, 3.8) is 0 Å². The van der Waals surface area contributed by atoms with E-state index < -0.39 is 11.0 Å². The molecule has 1 saturated heterocycles. The molecule has 0 aliphatic carbocycles. The average Bonchev–Trinajstić information content (AvgIpc) is 2.59. The zero-order valence-electron chi connectivity index (χ0n) is 15.9. The first-order valence-corrected chi connectivity index (χ1v) is 10.3. The largest absolute Gasteiger partial charge is 0.309 e. The van der Waals surface area contributed by atoms with Crippen molar-refractivity contribution in [1.82, 2.24) is 9.62 Å². The standard InChI is InChI=1S/C21H32N2OS/c1-5-6-12-20(22-25(24)21(2,3)4)19-13-15-23(16-14-19)17-18-10-8-7-9-11-18/h5,7-11,22H,1,6,12-17H2,2-4H3. The molecule has 1 atom stereocenters. The normalized spacial score (nSPS) is 17.2. The first-order chi connectivity index (χ1) is 11.9. The summed E-state index contributed by atoms with van der Waals surface area (Å²) in [5.74, 6) is 0. The molecule has 2 rings (SSSR count). The molecule has 25 heavy (non-hydrogen) atoms. The quantitative estimate of drug-likeness (QED) is 0.723. The van der Waals surface area contributed by atoms with Gasteiger partial charge in [0.2, 0.25) is 0 Å². The first-order valence-electron chi connectivity index (χ1n) is 9.16. The molecule has 0 aromatic heterocycles. The first kappa shape index (κ1) is 19.9. The lowest BCUT2D eigenvalue weighted by atomic mass is 9.99. The molecule has 0 bridgehead atoms. The summed E-state index contributed by atoms with van der Waals surface area (Å²) in [4.78, 5) is 2.50. The van der Waals surface area contributed by atoms with Crippen LogP contribution >= 0.6 is 0 Å². The van der Waals surface area contributed by atoms with Gasteiger partial charge in [-0.3, -0.25) is 4.90 Å². The van der Waals surface area contributed by atoms with Gasteiger partial charge in [-0.1, -0.05) is 36.4 Å². The van der Waals surface area contributed by atoms with Crippen LogP contribution in [0, 0.1) is 0 Å². The molecule has 3 nitrogen and oxygen atoms in total. The van der Waals surface area contributed by atoms with Crippen molar-refractivity contribution in [3.05, 3.63) is 59.8 Å². The molecule has 1 heterocycles. The molecule has 1 aliphatic heterocycles. The molecule has 0 radical (unpaired) electrons. The van der Waals surface area contributed by atoms with Crippen molar-refractivity contribution in [2.24, 2.45) is 0 Å². The zero-order valence-corrected chi connectivity index (χ0v) is 16.7. The van der Waals surface area contributed by atoms with Gasteiger partial charge in [0.25, 0.3) is 0 Å². The summed E-state index contributed by atoms with van der Waals surface area (Å²) in [6.07, 6.45) is 5.86. The summed E-state index contributed by atoms with van der Waals surface area (Å²) in [6, 6.07) is 10.6. The van der Waals surface area contributed by atoms with Gasteiger partial charge in [0, 0.05) is 25.3 Å². The van der Waals surface area contributed by atoms with E-state index in [1.54, 1.807) is 0 Å². The van der Waals surface area contributed by atoms with E-state index in [1.165, 1.54) is 16.8 Å². The molecule has 1 aromatic carbocycles. The van der Waals surface area contributed by atoms with Gasteiger partial charge in [-0.05, 0) is 57.6 Å². The second kappa shape index (κ2) is 9.35. The van der Waals surface area contributed by atoms with Gasteiger partial charge < -0.3 is 4.72 Å². The lowest BCUT2D eigenvalue weighted by molar-refractivity contribution is 0.247. The molecule has 0 spiro atoms. The van der Waals surface area contributed by atoms with E-state index in [2.05, 4.69) is 46.5 Å². The molecule has 1 aromatic rings. The summed E-state index contributed by atoms with van der Waals surface area (Å²) in [5, 5.41) is 0. The van der Waals surface area contributed by atoms with Crippen molar-refractivity contribution in [3.8, 4) is 0 Å². The van der Waals surface area contributed by atoms with Crippen molar-refractivity contribution in [2.75, 3.05) is 13.1 Å². The summed E-state index contributed by atoms with van der Waals surface area (Å²) in [6.45, 7) is 13.0.